The Kier molecular flexibility index (Phi) is 7.80. The number of thioether (sulfide) groups is 1. The number of fused-ring (bicyclic) bond motifs is 1. The lowest BCUT2D eigenvalue weighted by molar-refractivity contribution is -0.142. The number of aliphatic hydroxyl groups is 1. The molecule has 2 aromatic rings. The van der Waals surface area contributed by atoms with Crippen LogP contribution in [0.25, 0.3) is 0 Å². The zero-order valence-electron chi connectivity index (χ0n) is 23.1. The van der Waals surface area contributed by atoms with Crippen molar-refractivity contribution in [2.24, 2.45) is 17.8 Å². The number of likely N-dealkylation sites (tertiary alicyclic amines) is 1. The van der Waals surface area contributed by atoms with Gasteiger partial charge in [-0.25, -0.2) is 0 Å². The summed E-state index contributed by atoms with van der Waals surface area (Å²) in [6.07, 6.45) is 2.06. The van der Waals surface area contributed by atoms with Crippen LogP contribution in [0.2, 0.25) is 0 Å². The topological polar surface area (TPSA) is 98.7 Å². The predicted molar refractivity (Wildman–Crippen MR) is 154 cm³/mol. The van der Waals surface area contributed by atoms with Crippen molar-refractivity contribution in [1.82, 2.24) is 10.2 Å². The van der Waals surface area contributed by atoms with Crippen molar-refractivity contribution >= 4 is 35.2 Å². The number of aryl methyl sites for hydroxylation is 2. The fourth-order valence-corrected chi connectivity index (χ4v) is 9.22. The first-order valence-electron chi connectivity index (χ1n) is 14.0. The van der Waals surface area contributed by atoms with E-state index in [9.17, 15) is 19.5 Å². The van der Waals surface area contributed by atoms with Gasteiger partial charge in [0.15, 0.2) is 0 Å². The lowest BCUT2D eigenvalue weighted by atomic mass is 9.70. The Bertz CT molecular complexity index is 1230. The minimum atomic E-state index is -0.758. The minimum Gasteiger partial charge on any atom is -0.394 e. The van der Waals surface area contributed by atoms with Crippen LogP contribution in [-0.4, -0.2) is 56.4 Å². The average Bonchev–Trinajstić information content (AvgIpc) is 3.56. The summed E-state index contributed by atoms with van der Waals surface area (Å²) in [7, 11) is 0. The number of nitrogens with zero attached hydrogens (tertiary/aromatic N) is 1. The molecule has 2 aromatic carbocycles. The Morgan fingerprint density at radius 2 is 1.77 bits per heavy atom. The Balaban J connectivity index is 1.49. The summed E-state index contributed by atoms with van der Waals surface area (Å²) in [6.45, 7) is 8.19. The predicted octanol–water partition coefficient (Wildman–Crippen LogP) is 4.06. The van der Waals surface area contributed by atoms with Crippen LogP contribution >= 0.6 is 11.8 Å². The van der Waals surface area contributed by atoms with E-state index in [2.05, 4.69) is 10.6 Å². The van der Waals surface area contributed by atoms with E-state index in [4.69, 9.17) is 0 Å². The molecular formula is C31H39N3O4S. The summed E-state index contributed by atoms with van der Waals surface area (Å²) in [5.41, 5.74) is 3.67. The summed E-state index contributed by atoms with van der Waals surface area (Å²) in [4.78, 5) is 43.8. The van der Waals surface area contributed by atoms with Crippen molar-refractivity contribution in [2.45, 2.75) is 75.6 Å². The van der Waals surface area contributed by atoms with E-state index < -0.39 is 28.7 Å². The van der Waals surface area contributed by atoms with Gasteiger partial charge in [-0.05, 0) is 55.7 Å². The van der Waals surface area contributed by atoms with Crippen molar-refractivity contribution in [3.63, 3.8) is 0 Å². The molecule has 0 aliphatic carbocycles. The van der Waals surface area contributed by atoms with Crippen LogP contribution in [0.1, 0.15) is 49.8 Å². The van der Waals surface area contributed by atoms with Crippen molar-refractivity contribution in [3.8, 4) is 0 Å². The van der Waals surface area contributed by atoms with Gasteiger partial charge in [-0.3, -0.25) is 14.4 Å². The SMILES string of the molecule is Cc1cccc(C)c1NC(=O)C1N([C@@H](CO)CC(C)C)C(=O)[C@@H]2[C@@H](C(=O)NCc3ccccc3)[C@H]3CCC12S3. The van der Waals surface area contributed by atoms with Gasteiger partial charge in [-0.15, -0.1) is 11.8 Å². The number of anilines is 1. The molecule has 3 saturated heterocycles. The first kappa shape index (κ1) is 27.7. The first-order valence-corrected chi connectivity index (χ1v) is 14.9. The average molecular weight is 550 g/mol. The highest BCUT2D eigenvalue weighted by atomic mass is 32.2. The van der Waals surface area contributed by atoms with Gasteiger partial charge in [0.05, 0.1) is 29.2 Å². The summed E-state index contributed by atoms with van der Waals surface area (Å²) < 4.78 is -0.693. The van der Waals surface area contributed by atoms with Gasteiger partial charge < -0.3 is 20.6 Å². The number of hydrogen-bond acceptors (Lipinski definition) is 5. The zero-order chi connectivity index (χ0) is 27.9. The number of rotatable bonds is 9. The van der Waals surface area contributed by atoms with E-state index in [1.807, 2.05) is 76.2 Å². The third-order valence-corrected chi connectivity index (χ3v) is 10.6. The molecule has 3 heterocycles. The van der Waals surface area contributed by atoms with Gasteiger partial charge in [0.25, 0.3) is 0 Å². The molecule has 3 aliphatic rings. The fourth-order valence-electron chi connectivity index (χ4n) is 7.01. The highest BCUT2D eigenvalue weighted by Gasteiger charge is 2.74. The summed E-state index contributed by atoms with van der Waals surface area (Å²) >= 11 is 1.65. The molecule has 0 radical (unpaired) electrons. The van der Waals surface area contributed by atoms with Crippen LogP contribution in [-0.2, 0) is 20.9 Å². The molecule has 0 aromatic heterocycles. The van der Waals surface area contributed by atoms with Crippen molar-refractivity contribution in [3.05, 3.63) is 65.2 Å². The molecule has 6 atom stereocenters. The van der Waals surface area contributed by atoms with E-state index in [1.54, 1.807) is 16.7 Å². The number of amides is 3. The fraction of sp³-hybridized carbons (Fsp3) is 0.516. The number of aliphatic hydroxyl groups excluding tert-OH is 1. The molecule has 8 heteroatoms. The third kappa shape index (κ3) is 4.86. The van der Waals surface area contributed by atoms with Crippen LogP contribution in [0, 0.1) is 31.6 Å². The van der Waals surface area contributed by atoms with E-state index in [0.717, 1.165) is 28.8 Å². The maximum atomic E-state index is 14.3. The van der Waals surface area contributed by atoms with E-state index in [1.165, 1.54) is 0 Å². The molecule has 2 bridgehead atoms. The third-order valence-electron chi connectivity index (χ3n) is 8.68. The van der Waals surface area contributed by atoms with Gasteiger partial charge >= 0.3 is 0 Å². The Labute approximate surface area is 235 Å². The van der Waals surface area contributed by atoms with Crippen LogP contribution in [0.15, 0.2) is 48.5 Å². The summed E-state index contributed by atoms with van der Waals surface area (Å²) in [5.74, 6) is -1.40. The summed E-state index contributed by atoms with van der Waals surface area (Å²) in [5, 5.41) is 16.7. The maximum Gasteiger partial charge on any atom is 0.248 e. The highest BCUT2D eigenvalue weighted by Crippen LogP contribution is 2.66. The second-order valence-electron chi connectivity index (χ2n) is 11.7. The first-order chi connectivity index (χ1) is 18.7. The van der Waals surface area contributed by atoms with Gasteiger partial charge in [0.2, 0.25) is 17.7 Å². The van der Waals surface area contributed by atoms with E-state index in [0.29, 0.717) is 19.4 Å². The molecule has 39 heavy (non-hydrogen) atoms. The normalized spacial score (nSPS) is 28.1. The molecule has 3 N–H and O–H groups in total. The van der Waals surface area contributed by atoms with Crippen molar-refractivity contribution in [2.75, 3.05) is 11.9 Å². The number of para-hydroxylation sites is 1. The van der Waals surface area contributed by atoms with Gasteiger partial charge in [-0.2, -0.15) is 0 Å². The largest absolute Gasteiger partial charge is 0.394 e. The molecule has 3 amide bonds. The molecule has 0 saturated carbocycles. The van der Waals surface area contributed by atoms with Gasteiger partial charge in [0.1, 0.15) is 6.04 Å². The molecule has 2 unspecified atom stereocenters. The van der Waals surface area contributed by atoms with Crippen molar-refractivity contribution < 1.29 is 19.5 Å². The minimum absolute atomic E-state index is 0.00922. The van der Waals surface area contributed by atoms with Crippen molar-refractivity contribution in [1.29, 1.82) is 0 Å². The standard InChI is InChI=1S/C31H39N3O4S/c1-18(2)15-22(17-35)34-27(29(37)33-26-19(3)9-8-10-20(26)4)31-14-13-23(39-31)24(25(31)30(34)38)28(36)32-16-21-11-6-5-7-12-21/h5-12,18,22-25,27,35H,13-17H2,1-4H3,(H,32,36)(H,33,37)/t22-,23-,24+,25+,27?,31?/m1/s1. The quantitative estimate of drug-likeness (QED) is 0.438. The van der Waals surface area contributed by atoms with Gasteiger partial charge in [-0.1, -0.05) is 62.4 Å². The Morgan fingerprint density at radius 1 is 1.08 bits per heavy atom. The molecule has 3 aliphatic heterocycles. The van der Waals surface area contributed by atoms with Crippen LogP contribution < -0.4 is 10.6 Å². The second kappa shape index (κ2) is 11.0. The lowest BCUT2D eigenvalue weighted by Crippen LogP contribution is -2.55. The van der Waals surface area contributed by atoms with E-state index >= 15 is 0 Å². The van der Waals surface area contributed by atoms with Gasteiger partial charge in [0, 0.05) is 17.5 Å². The molecular weight excluding hydrogens is 510 g/mol. The molecule has 3 fully saturated rings. The van der Waals surface area contributed by atoms with E-state index in [-0.39, 0.29) is 35.5 Å². The molecule has 1 spiro atoms. The smallest absolute Gasteiger partial charge is 0.248 e. The number of carbonyl (C=O) groups excluding carboxylic acids is 3. The van der Waals surface area contributed by atoms with Crippen LogP contribution in [0.4, 0.5) is 5.69 Å². The molecule has 5 rings (SSSR count). The zero-order valence-corrected chi connectivity index (χ0v) is 24.0. The monoisotopic (exact) mass is 549 g/mol. The Morgan fingerprint density at radius 3 is 2.41 bits per heavy atom. The summed E-state index contributed by atoms with van der Waals surface area (Å²) in [6, 6.07) is 14.4. The number of hydrogen-bond donors (Lipinski definition) is 3. The molecule has 7 nitrogen and oxygen atoms in total. The number of carbonyl (C=O) groups is 3. The second-order valence-corrected chi connectivity index (χ2v) is 13.3. The Hall–Kier alpha value is -2.84. The van der Waals surface area contributed by atoms with Crippen LogP contribution in [0.3, 0.4) is 0 Å². The maximum absolute atomic E-state index is 14.3. The molecule has 208 valence electrons. The highest BCUT2D eigenvalue weighted by molar-refractivity contribution is 8.02. The lowest BCUT2D eigenvalue weighted by Gasteiger charge is -2.37. The van der Waals surface area contributed by atoms with Crippen LogP contribution in [0.5, 0.6) is 0 Å². The number of benzene rings is 2. The number of nitrogens with one attached hydrogen (secondary N) is 2.